The minimum absolute atomic E-state index is 0.0588. The number of hydrogen-bond acceptors (Lipinski definition) is 12. The molecule has 0 aromatic rings. The lowest BCUT2D eigenvalue weighted by atomic mass is 9.85. The standard InChI is InChI=1S/C47H75O13P/c1-3-5-7-9-11-13-15-17-19-20-22-23-25-27-29-31-33-35-40(48)57-37-39(38-58-61(55,56)60-47-45(53)43(51)42(50)44(52)46(47)54)59-41(49)36-34-32-30-28-26-24-21-18-16-14-12-10-8-6-4-2/h5-8,11-14,17-19,21-23,27,29,39,42-47,50-54H,3-4,9-10,15-16,20,24-26,28,30-38H2,1-2H3,(H,55,56)/b7-5+,8-6+,13-11+,14-12+,19-17+,21-18+,23-22+,29-27+/t39-,42?,43-,44?,45?,46?,47?/m0/s1. The first-order valence-electron chi connectivity index (χ1n) is 22.0. The first-order chi connectivity index (χ1) is 29.4. The van der Waals surface area contributed by atoms with Gasteiger partial charge >= 0.3 is 19.8 Å². The van der Waals surface area contributed by atoms with E-state index in [1.54, 1.807) is 0 Å². The summed E-state index contributed by atoms with van der Waals surface area (Å²) in [5, 5.41) is 50.1. The smallest absolute Gasteiger partial charge is 0.462 e. The largest absolute Gasteiger partial charge is 0.472 e. The Morgan fingerprint density at radius 2 is 0.902 bits per heavy atom. The van der Waals surface area contributed by atoms with Gasteiger partial charge in [-0.05, 0) is 83.5 Å². The molecule has 1 aliphatic carbocycles. The van der Waals surface area contributed by atoms with Crippen LogP contribution in [0.2, 0.25) is 0 Å². The number of esters is 2. The summed E-state index contributed by atoms with van der Waals surface area (Å²) >= 11 is 0. The Bertz CT molecular complexity index is 1430. The lowest BCUT2D eigenvalue weighted by molar-refractivity contribution is -0.220. The average Bonchev–Trinajstić information content (AvgIpc) is 3.24. The predicted octanol–water partition coefficient (Wildman–Crippen LogP) is 8.27. The van der Waals surface area contributed by atoms with Crippen molar-refractivity contribution in [2.75, 3.05) is 13.2 Å². The third-order valence-electron chi connectivity index (χ3n) is 9.42. The topological polar surface area (TPSA) is 210 Å². The van der Waals surface area contributed by atoms with Gasteiger partial charge in [0.25, 0.3) is 0 Å². The van der Waals surface area contributed by atoms with E-state index in [1.165, 1.54) is 0 Å². The van der Waals surface area contributed by atoms with Gasteiger partial charge in [0.15, 0.2) is 6.10 Å². The molecule has 6 N–H and O–H groups in total. The van der Waals surface area contributed by atoms with Crippen LogP contribution < -0.4 is 0 Å². The Balaban J connectivity index is 2.54. The van der Waals surface area contributed by atoms with E-state index < -0.39 is 75.7 Å². The monoisotopic (exact) mass is 878 g/mol. The van der Waals surface area contributed by atoms with Crippen LogP contribution in [0.4, 0.5) is 0 Å². The number of carbonyl (C=O) groups excluding carboxylic acids is 2. The highest BCUT2D eigenvalue weighted by Gasteiger charge is 2.51. The van der Waals surface area contributed by atoms with Crippen molar-refractivity contribution in [2.24, 2.45) is 0 Å². The zero-order valence-corrected chi connectivity index (χ0v) is 37.3. The van der Waals surface area contributed by atoms with Gasteiger partial charge in [0.1, 0.15) is 43.2 Å². The fourth-order valence-corrected chi connectivity index (χ4v) is 6.90. The second-order valence-corrected chi connectivity index (χ2v) is 16.2. The minimum atomic E-state index is -5.14. The number of ether oxygens (including phenoxy) is 2. The number of aliphatic hydroxyl groups excluding tert-OH is 5. The third-order valence-corrected chi connectivity index (χ3v) is 10.4. The van der Waals surface area contributed by atoms with Crippen molar-refractivity contribution >= 4 is 19.8 Å². The number of carbonyl (C=O) groups is 2. The van der Waals surface area contributed by atoms with Gasteiger partial charge in [0.05, 0.1) is 6.61 Å². The molecule has 0 aliphatic heterocycles. The molecule has 0 heterocycles. The van der Waals surface area contributed by atoms with E-state index in [-0.39, 0.29) is 12.8 Å². The van der Waals surface area contributed by atoms with Crippen LogP contribution in [-0.4, -0.2) is 98.3 Å². The number of phosphoric ester groups is 1. The fourth-order valence-electron chi connectivity index (χ4n) is 5.92. The lowest BCUT2D eigenvalue weighted by Gasteiger charge is -2.41. The van der Waals surface area contributed by atoms with E-state index in [0.29, 0.717) is 19.3 Å². The summed E-state index contributed by atoms with van der Waals surface area (Å²) in [4.78, 5) is 35.6. The number of unbranched alkanes of at least 4 members (excludes halogenated alkanes) is 6. The van der Waals surface area contributed by atoms with Gasteiger partial charge in [-0.2, -0.15) is 0 Å². The highest BCUT2D eigenvalue weighted by molar-refractivity contribution is 7.47. The molecule has 14 heteroatoms. The first-order valence-corrected chi connectivity index (χ1v) is 23.5. The molecule has 1 fully saturated rings. The summed E-state index contributed by atoms with van der Waals surface area (Å²) in [5.41, 5.74) is 0. The number of rotatable bonds is 34. The van der Waals surface area contributed by atoms with Crippen LogP contribution in [-0.2, 0) is 32.7 Å². The summed E-state index contributed by atoms with van der Waals surface area (Å²) in [7, 11) is -5.14. The van der Waals surface area contributed by atoms with E-state index in [2.05, 4.69) is 98.9 Å². The van der Waals surface area contributed by atoms with Gasteiger partial charge < -0.3 is 39.9 Å². The van der Waals surface area contributed by atoms with Gasteiger partial charge in [0, 0.05) is 12.8 Å². The Hall–Kier alpha value is -3.23. The molecule has 1 rings (SSSR count). The summed E-state index contributed by atoms with van der Waals surface area (Å²) in [6.45, 7) is 2.98. The SMILES string of the molecule is CC/C=C/C/C=C/C/C=C/C/C=C/C/C=C/CCCC(=O)OC[C@@H](COP(=O)(O)OC1C(O)C(O)C(O)[C@H](O)C1O)OC(=O)CCCCCCC/C=C/C/C=C/C/C=C/CC. The zero-order valence-electron chi connectivity index (χ0n) is 36.4. The molecular weight excluding hydrogens is 803 g/mol. The van der Waals surface area contributed by atoms with Crippen LogP contribution in [0, 0.1) is 0 Å². The molecule has 1 aliphatic rings. The molecule has 346 valence electrons. The molecule has 0 spiro atoms. The molecule has 0 aromatic heterocycles. The van der Waals surface area contributed by atoms with Crippen molar-refractivity contribution in [1.82, 2.24) is 0 Å². The molecule has 6 unspecified atom stereocenters. The molecule has 0 amide bonds. The van der Waals surface area contributed by atoms with Crippen molar-refractivity contribution in [3.63, 3.8) is 0 Å². The minimum Gasteiger partial charge on any atom is -0.462 e. The van der Waals surface area contributed by atoms with Crippen LogP contribution in [0.5, 0.6) is 0 Å². The Morgan fingerprint density at radius 1 is 0.508 bits per heavy atom. The molecular formula is C47H75O13P. The molecule has 13 nitrogen and oxygen atoms in total. The van der Waals surface area contributed by atoms with Crippen LogP contribution in [0.1, 0.15) is 129 Å². The fraction of sp³-hybridized carbons (Fsp3) is 0.617. The highest BCUT2D eigenvalue weighted by atomic mass is 31.2. The van der Waals surface area contributed by atoms with Crippen LogP contribution in [0.15, 0.2) is 97.2 Å². The van der Waals surface area contributed by atoms with Gasteiger partial charge in [-0.25, -0.2) is 4.57 Å². The second kappa shape index (κ2) is 36.3. The molecule has 0 bridgehead atoms. The van der Waals surface area contributed by atoms with Gasteiger partial charge in [-0.3, -0.25) is 18.6 Å². The number of phosphoric acid groups is 1. The average molecular weight is 879 g/mol. The predicted molar refractivity (Wildman–Crippen MR) is 239 cm³/mol. The van der Waals surface area contributed by atoms with Crippen molar-refractivity contribution in [3.8, 4) is 0 Å². The van der Waals surface area contributed by atoms with Crippen LogP contribution in [0.3, 0.4) is 0 Å². The van der Waals surface area contributed by atoms with Crippen molar-refractivity contribution in [2.45, 2.75) is 172 Å². The Kier molecular flexibility index (Phi) is 33.2. The van der Waals surface area contributed by atoms with E-state index in [4.69, 9.17) is 18.5 Å². The first kappa shape index (κ1) is 55.8. The van der Waals surface area contributed by atoms with Gasteiger partial charge in [-0.1, -0.05) is 130 Å². The van der Waals surface area contributed by atoms with Crippen LogP contribution in [0.25, 0.3) is 0 Å². The summed E-state index contributed by atoms with van der Waals surface area (Å²) in [6.07, 6.45) is 34.7. The van der Waals surface area contributed by atoms with Crippen molar-refractivity contribution in [1.29, 1.82) is 0 Å². The normalized spacial score (nSPS) is 23.0. The maximum absolute atomic E-state index is 12.8. The molecule has 8 atom stereocenters. The second-order valence-electron chi connectivity index (χ2n) is 14.8. The number of hydrogen-bond donors (Lipinski definition) is 6. The summed E-state index contributed by atoms with van der Waals surface area (Å²) in [5.74, 6) is -1.20. The Labute approximate surface area is 364 Å². The summed E-state index contributed by atoms with van der Waals surface area (Å²) in [6, 6.07) is 0. The molecule has 0 radical (unpaired) electrons. The van der Waals surface area contributed by atoms with E-state index in [9.17, 15) is 44.6 Å². The highest BCUT2D eigenvalue weighted by Crippen LogP contribution is 2.47. The third kappa shape index (κ3) is 28.9. The molecule has 1 saturated carbocycles. The Morgan fingerprint density at radius 3 is 1.39 bits per heavy atom. The molecule has 0 aromatic carbocycles. The van der Waals surface area contributed by atoms with Crippen LogP contribution >= 0.6 is 7.82 Å². The zero-order chi connectivity index (χ0) is 45.0. The van der Waals surface area contributed by atoms with E-state index in [0.717, 1.165) is 83.5 Å². The van der Waals surface area contributed by atoms with Crippen molar-refractivity contribution in [3.05, 3.63) is 97.2 Å². The maximum Gasteiger partial charge on any atom is 0.472 e. The van der Waals surface area contributed by atoms with Crippen molar-refractivity contribution < 1.29 is 63.1 Å². The van der Waals surface area contributed by atoms with Gasteiger partial charge in [0.2, 0.25) is 0 Å². The van der Waals surface area contributed by atoms with E-state index >= 15 is 0 Å². The quantitative estimate of drug-likeness (QED) is 0.0156. The molecule has 0 saturated heterocycles. The lowest BCUT2D eigenvalue weighted by Crippen LogP contribution is -2.64. The van der Waals surface area contributed by atoms with E-state index in [1.807, 2.05) is 12.2 Å². The molecule has 61 heavy (non-hydrogen) atoms. The maximum atomic E-state index is 12.8. The number of allylic oxidation sites excluding steroid dienone is 16. The van der Waals surface area contributed by atoms with Gasteiger partial charge in [-0.15, -0.1) is 0 Å². The number of aliphatic hydroxyl groups is 5. The summed E-state index contributed by atoms with van der Waals surface area (Å²) < 4.78 is 33.4.